The van der Waals surface area contributed by atoms with Crippen LogP contribution in [0.5, 0.6) is 0 Å². The molecule has 2 aromatic rings. The van der Waals surface area contributed by atoms with Crippen molar-refractivity contribution in [2.24, 2.45) is 5.92 Å². The molecule has 0 amide bonds. The summed E-state index contributed by atoms with van der Waals surface area (Å²) in [5, 5.41) is 10.8. The van der Waals surface area contributed by atoms with Gasteiger partial charge in [-0.2, -0.15) is 0 Å². The van der Waals surface area contributed by atoms with Crippen LogP contribution in [0, 0.1) is 5.92 Å². The van der Waals surface area contributed by atoms with Crippen LogP contribution in [0.3, 0.4) is 0 Å². The number of hydrogen-bond donors (Lipinski definition) is 1. The van der Waals surface area contributed by atoms with Crippen LogP contribution >= 0.6 is 0 Å². The van der Waals surface area contributed by atoms with Gasteiger partial charge in [0, 0.05) is 51.8 Å². The van der Waals surface area contributed by atoms with Crippen molar-refractivity contribution < 1.29 is 9.84 Å². The summed E-state index contributed by atoms with van der Waals surface area (Å²) >= 11 is 0. The average Bonchev–Trinajstić information content (AvgIpc) is 2.70. The first-order valence-electron chi connectivity index (χ1n) is 9.83. The van der Waals surface area contributed by atoms with Crippen molar-refractivity contribution in [3.8, 4) is 0 Å². The Morgan fingerprint density at radius 3 is 2.41 bits per heavy atom. The number of methoxy groups -OCH3 is 1. The van der Waals surface area contributed by atoms with Crippen LogP contribution in [0.15, 0.2) is 54.6 Å². The molecule has 2 aromatic carbocycles. The second-order valence-electron chi connectivity index (χ2n) is 7.79. The van der Waals surface area contributed by atoms with Crippen molar-refractivity contribution in [2.45, 2.75) is 31.9 Å². The van der Waals surface area contributed by atoms with Crippen LogP contribution < -0.4 is 4.90 Å². The minimum Gasteiger partial charge on any atom is -0.389 e. The largest absolute Gasteiger partial charge is 0.389 e. The van der Waals surface area contributed by atoms with E-state index < -0.39 is 5.60 Å². The summed E-state index contributed by atoms with van der Waals surface area (Å²) in [6, 6.07) is 19.2. The second kappa shape index (κ2) is 8.87. The molecule has 0 bridgehead atoms. The molecule has 0 radical (unpaired) electrons. The van der Waals surface area contributed by atoms with Gasteiger partial charge in [-0.3, -0.25) is 4.90 Å². The Kier molecular flexibility index (Phi) is 6.53. The molecule has 3 rings (SSSR count). The highest BCUT2D eigenvalue weighted by atomic mass is 16.5. The van der Waals surface area contributed by atoms with Gasteiger partial charge in [0.2, 0.25) is 0 Å². The van der Waals surface area contributed by atoms with E-state index in [1.807, 2.05) is 6.07 Å². The molecule has 0 aromatic heterocycles. The molecule has 1 N–H and O–H groups in total. The maximum Gasteiger partial charge on any atom is 0.0719 e. The lowest BCUT2D eigenvalue weighted by Crippen LogP contribution is -2.51. The van der Waals surface area contributed by atoms with E-state index in [4.69, 9.17) is 4.74 Å². The van der Waals surface area contributed by atoms with Crippen molar-refractivity contribution in [1.29, 1.82) is 0 Å². The minimum absolute atomic E-state index is 0.255. The predicted molar refractivity (Wildman–Crippen MR) is 111 cm³/mol. The first-order valence-corrected chi connectivity index (χ1v) is 9.83. The first-order chi connectivity index (χ1) is 13.0. The molecule has 4 nitrogen and oxygen atoms in total. The molecule has 0 saturated carbocycles. The highest BCUT2D eigenvalue weighted by Gasteiger charge is 2.38. The maximum absolute atomic E-state index is 10.8. The van der Waals surface area contributed by atoms with Crippen LogP contribution in [-0.2, 0) is 11.3 Å². The SMILES string of the molecule is COCCC1(O)CCN(Cc2ccc(N(C)c3ccccc3)cc2)CC1C. The molecular formula is C23H32N2O2. The van der Waals surface area contributed by atoms with Crippen molar-refractivity contribution in [1.82, 2.24) is 4.90 Å². The zero-order chi connectivity index (χ0) is 19.3. The Hall–Kier alpha value is -1.88. The number of piperidine rings is 1. The Labute approximate surface area is 163 Å². The molecule has 146 valence electrons. The van der Waals surface area contributed by atoms with E-state index in [1.165, 1.54) is 16.9 Å². The summed E-state index contributed by atoms with van der Waals surface area (Å²) in [6.07, 6.45) is 1.53. The molecule has 1 heterocycles. The van der Waals surface area contributed by atoms with Crippen molar-refractivity contribution in [3.05, 3.63) is 60.2 Å². The van der Waals surface area contributed by atoms with Crippen LogP contribution in [0.4, 0.5) is 11.4 Å². The molecule has 1 fully saturated rings. The Balaban J connectivity index is 1.58. The van der Waals surface area contributed by atoms with E-state index in [0.717, 1.165) is 32.5 Å². The molecule has 27 heavy (non-hydrogen) atoms. The third-order valence-electron chi connectivity index (χ3n) is 5.92. The lowest BCUT2D eigenvalue weighted by Gasteiger charge is -2.43. The number of likely N-dealkylation sites (tertiary alicyclic amines) is 1. The van der Waals surface area contributed by atoms with Crippen LogP contribution in [0.25, 0.3) is 0 Å². The number of hydrogen-bond acceptors (Lipinski definition) is 4. The van der Waals surface area contributed by atoms with Crippen LogP contribution in [0.2, 0.25) is 0 Å². The number of ether oxygens (including phenoxy) is 1. The second-order valence-corrected chi connectivity index (χ2v) is 7.79. The van der Waals surface area contributed by atoms with E-state index in [-0.39, 0.29) is 5.92 Å². The van der Waals surface area contributed by atoms with Gasteiger partial charge < -0.3 is 14.7 Å². The molecule has 1 aliphatic rings. The van der Waals surface area contributed by atoms with Gasteiger partial charge in [-0.1, -0.05) is 37.3 Å². The smallest absolute Gasteiger partial charge is 0.0719 e. The van der Waals surface area contributed by atoms with Gasteiger partial charge in [0.15, 0.2) is 0 Å². The van der Waals surface area contributed by atoms with Gasteiger partial charge in [-0.15, -0.1) is 0 Å². The van der Waals surface area contributed by atoms with Gasteiger partial charge in [0.05, 0.1) is 5.60 Å². The standard InChI is InChI=1S/C23H32N2O2/c1-19-17-25(15-13-23(19,26)14-16-27-3)18-20-9-11-22(12-10-20)24(2)21-7-5-4-6-8-21/h4-12,19,26H,13-18H2,1-3H3. The molecule has 1 aliphatic heterocycles. The normalized spacial score (nSPS) is 23.3. The lowest BCUT2D eigenvalue weighted by atomic mass is 9.80. The summed E-state index contributed by atoms with van der Waals surface area (Å²) in [5.41, 5.74) is 3.10. The van der Waals surface area contributed by atoms with Gasteiger partial charge in [-0.25, -0.2) is 0 Å². The summed E-state index contributed by atoms with van der Waals surface area (Å²) < 4.78 is 5.17. The summed E-state index contributed by atoms with van der Waals surface area (Å²) in [6.45, 7) is 5.55. The molecule has 4 heteroatoms. The number of nitrogens with zero attached hydrogens (tertiary/aromatic N) is 2. The van der Waals surface area contributed by atoms with Crippen molar-refractivity contribution >= 4 is 11.4 Å². The Morgan fingerprint density at radius 1 is 1.11 bits per heavy atom. The fourth-order valence-corrected chi connectivity index (χ4v) is 3.92. The number of para-hydroxylation sites is 1. The summed E-state index contributed by atoms with van der Waals surface area (Å²) in [4.78, 5) is 4.64. The Morgan fingerprint density at radius 2 is 1.78 bits per heavy atom. The fraction of sp³-hybridized carbons (Fsp3) is 0.478. The highest BCUT2D eigenvalue weighted by Crippen LogP contribution is 2.32. The van der Waals surface area contributed by atoms with E-state index in [0.29, 0.717) is 6.61 Å². The van der Waals surface area contributed by atoms with Gasteiger partial charge in [0.25, 0.3) is 0 Å². The molecule has 0 spiro atoms. The third kappa shape index (κ3) is 4.89. The average molecular weight is 369 g/mol. The monoisotopic (exact) mass is 368 g/mol. The predicted octanol–water partition coefficient (Wildman–Crippen LogP) is 4.06. The highest BCUT2D eigenvalue weighted by molar-refractivity contribution is 5.62. The summed E-state index contributed by atoms with van der Waals surface area (Å²) in [7, 11) is 3.79. The van der Waals surface area contributed by atoms with Crippen molar-refractivity contribution in [3.63, 3.8) is 0 Å². The van der Waals surface area contributed by atoms with Crippen molar-refractivity contribution in [2.75, 3.05) is 38.8 Å². The molecule has 2 atom stereocenters. The first kappa shape index (κ1) is 19.9. The molecule has 2 unspecified atom stereocenters. The minimum atomic E-state index is -0.589. The number of aliphatic hydroxyl groups is 1. The van der Waals surface area contributed by atoms with Crippen LogP contribution in [0.1, 0.15) is 25.3 Å². The Bertz CT molecular complexity index is 704. The molecule has 0 aliphatic carbocycles. The van der Waals surface area contributed by atoms with E-state index in [9.17, 15) is 5.11 Å². The van der Waals surface area contributed by atoms with E-state index >= 15 is 0 Å². The van der Waals surface area contributed by atoms with E-state index in [1.54, 1.807) is 7.11 Å². The lowest BCUT2D eigenvalue weighted by molar-refractivity contribution is -0.0827. The quantitative estimate of drug-likeness (QED) is 0.799. The number of anilines is 2. The molecular weight excluding hydrogens is 336 g/mol. The van der Waals surface area contributed by atoms with E-state index in [2.05, 4.69) is 72.3 Å². The topological polar surface area (TPSA) is 35.9 Å². The van der Waals surface area contributed by atoms with Gasteiger partial charge in [-0.05, 0) is 48.6 Å². The zero-order valence-corrected chi connectivity index (χ0v) is 16.8. The maximum atomic E-state index is 10.8. The zero-order valence-electron chi connectivity index (χ0n) is 16.8. The van der Waals surface area contributed by atoms with Crippen LogP contribution in [-0.4, -0.2) is 49.5 Å². The fourth-order valence-electron chi connectivity index (χ4n) is 3.92. The van der Waals surface area contributed by atoms with Gasteiger partial charge >= 0.3 is 0 Å². The number of benzene rings is 2. The number of rotatable bonds is 7. The summed E-state index contributed by atoms with van der Waals surface area (Å²) in [5.74, 6) is 0.255. The van der Waals surface area contributed by atoms with Gasteiger partial charge in [0.1, 0.15) is 0 Å². The molecule has 1 saturated heterocycles. The third-order valence-corrected chi connectivity index (χ3v) is 5.92.